The molecule has 21 heavy (non-hydrogen) atoms. The van der Waals surface area contributed by atoms with Crippen LogP contribution in [0.25, 0.3) is 0 Å². The molecule has 2 N–H and O–H groups in total. The van der Waals surface area contributed by atoms with E-state index in [1.54, 1.807) is 0 Å². The molecule has 1 saturated carbocycles. The van der Waals surface area contributed by atoms with Gasteiger partial charge in [-0.15, -0.1) is 0 Å². The molecule has 4 nitrogen and oxygen atoms in total. The van der Waals surface area contributed by atoms with Crippen LogP contribution in [-0.4, -0.2) is 38.8 Å². The molecule has 0 bridgehead atoms. The van der Waals surface area contributed by atoms with Crippen LogP contribution in [0.15, 0.2) is 4.99 Å². The molecule has 0 atom stereocenters. The van der Waals surface area contributed by atoms with E-state index in [1.165, 1.54) is 25.7 Å². The van der Waals surface area contributed by atoms with Crippen LogP contribution >= 0.6 is 0 Å². The molecule has 0 spiro atoms. The number of unbranched alkanes of at least 4 members (excludes halogenated alkanes) is 1. The van der Waals surface area contributed by atoms with Crippen LogP contribution in [0, 0.1) is 11.8 Å². The van der Waals surface area contributed by atoms with Gasteiger partial charge in [-0.25, -0.2) is 0 Å². The van der Waals surface area contributed by atoms with E-state index in [-0.39, 0.29) is 0 Å². The summed E-state index contributed by atoms with van der Waals surface area (Å²) in [7, 11) is 0. The van der Waals surface area contributed by atoms with Crippen molar-refractivity contribution >= 4 is 5.96 Å². The van der Waals surface area contributed by atoms with E-state index >= 15 is 0 Å². The smallest absolute Gasteiger partial charge is 0.191 e. The van der Waals surface area contributed by atoms with E-state index < -0.39 is 0 Å². The average molecular weight is 297 g/mol. The molecule has 0 saturated heterocycles. The van der Waals surface area contributed by atoms with Gasteiger partial charge in [0.1, 0.15) is 0 Å². The molecule has 0 heterocycles. The molecule has 0 aromatic rings. The van der Waals surface area contributed by atoms with Crippen molar-refractivity contribution in [3.05, 3.63) is 0 Å². The van der Waals surface area contributed by atoms with E-state index in [2.05, 4.69) is 24.5 Å². The molecule has 0 aromatic heterocycles. The molecule has 4 heteroatoms. The maximum Gasteiger partial charge on any atom is 0.191 e. The maximum absolute atomic E-state index is 5.35. The average Bonchev–Trinajstić information content (AvgIpc) is 2.49. The quantitative estimate of drug-likeness (QED) is 0.390. The first-order chi connectivity index (χ1) is 10.3. The number of nitrogens with one attached hydrogen (secondary N) is 2. The fourth-order valence-electron chi connectivity index (χ4n) is 2.75. The standard InChI is InChI=1S/C17H35N3O/c1-4-18-17(19-12-6-7-13-21-5-2)20-14-16-10-8-15(3)9-11-16/h15-16H,4-14H2,1-3H3,(H2,18,19,20). The molecule has 0 unspecified atom stereocenters. The minimum absolute atomic E-state index is 0.787. The summed E-state index contributed by atoms with van der Waals surface area (Å²) < 4.78 is 5.35. The van der Waals surface area contributed by atoms with Crippen molar-refractivity contribution < 1.29 is 4.74 Å². The van der Waals surface area contributed by atoms with Crippen molar-refractivity contribution in [1.82, 2.24) is 10.6 Å². The normalized spacial score (nSPS) is 23.1. The molecule has 124 valence electrons. The Kier molecular flexibility index (Phi) is 10.3. The molecule has 1 aliphatic rings. The second-order valence-electron chi connectivity index (χ2n) is 6.18. The molecular weight excluding hydrogens is 262 g/mol. The lowest BCUT2D eigenvalue weighted by Gasteiger charge is -2.25. The fraction of sp³-hybridized carbons (Fsp3) is 0.941. The van der Waals surface area contributed by atoms with Gasteiger partial charge < -0.3 is 15.4 Å². The second-order valence-corrected chi connectivity index (χ2v) is 6.18. The molecule has 0 amide bonds. The summed E-state index contributed by atoms with van der Waals surface area (Å²) >= 11 is 0. The van der Waals surface area contributed by atoms with E-state index in [1.807, 2.05) is 6.92 Å². The third-order valence-electron chi connectivity index (χ3n) is 4.20. The van der Waals surface area contributed by atoms with Crippen LogP contribution in [0.3, 0.4) is 0 Å². The number of nitrogens with zero attached hydrogens (tertiary/aromatic N) is 1. The van der Waals surface area contributed by atoms with Crippen molar-refractivity contribution in [3.8, 4) is 0 Å². The predicted octanol–water partition coefficient (Wildman–Crippen LogP) is 3.18. The van der Waals surface area contributed by atoms with E-state index in [0.29, 0.717) is 0 Å². The van der Waals surface area contributed by atoms with Gasteiger partial charge in [0.15, 0.2) is 5.96 Å². The van der Waals surface area contributed by atoms with Gasteiger partial charge in [-0.3, -0.25) is 4.99 Å². The summed E-state index contributed by atoms with van der Waals surface area (Å²) in [6.07, 6.45) is 7.69. The number of hydrogen-bond donors (Lipinski definition) is 2. The Morgan fingerprint density at radius 1 is 1.10 bits per heavy atom. The van der Waals surface area contributed by atoms with Crippen LogP contribution in [0.1, 0.15) is 59.3 Å². The van der Waals surface area contributed by atoms with Gasteiger partial charge >= 0.3 is 0 Å². The molecule has 1 aliphatic carbocycles. The highest BCUT2D eigenvalue weighted by Crippen LogP contribution is 2.28. The first-order valence-corrected chi connectivity index (χ1v) is 8.86. The van der Waals surface area contributed by atoms with Crippen molar-refractivity contribution in [2.75, 3.05) is 32.8 Å². The van der Waals surface area contributed by atoms with Crippen LogP contribution in [0.2, 0.25) is 0 Å². The zero-order valence-corrected chi connectivity index (χ0v) is 14.3. The van der Waals surface area contributed by atoms with Gasteiger partial charge in [0.2, 0.25) is 0 Å². The maximum atomic E-state index is 5.35. The Hall–Kier alpha value is -0.770. The monoisotopic (exact) mass is 297 g/mol. The fourth-order valence-corrected chi connectivity index (χ4v) is 2.75. The molecule has 1 fully saturated rings. The van der Waals surface area contributed by atoms with Crippen molar-refractivity contribution in [2.24, 2.45) is 16.8 Å². The summed E-state index contributed by atoms with van der Waals surface area (Å²) in [6.45, 7) is 11.1. The Balaban J connectivity index is 2.19. The lowest BCUT2D eigenvalue weighted by Crippen LogP contribution is -2.38. The number of aliphatic imine (C=N–C) groups is 1. The predicted molar refractivity (Wildman–Crippen MR) is 90.8 cm³/mol. The third kappa shape index (κ3) is 8.97. The molecule has 0 aliphatic heterocycles. The molecule has 0 radical (unpaired) electrons. The Morgan fingerprint density at radius 3 is 2.52 bits per heavy atom. The van der Waals surface area contributed by atoms with Gasteiger partial charge in [-0.05, 0) is 51.4 Å². The Morgan fingerprint density at radius 2 is 1.86 bits per heavy atom. The Labute approximate surface area is 131 Å². The summed E-state index contributed by atoms with van der Waals surface area (Å²) in [6, 6.07) is 0. The van der Waals surface area contributed by atoms with Gasteiger partial charge in [0.25, 0.3) is 0 Å². The highest BCUT2D eigenvalue weighted by Gasteiger charge is 2.17. The SMILES string of the molecule is CCNC(=NCC1CCC(C)CC1)NCCCCOCC. The first-order valence-electron chi connectivity index (χ1n) is 8.86. The highest BCUT2D eigenvalue weighted by molar-refractivity contribution is 5.79. The largest absolute Gasteiger partial charge is 0.382 e. The van der Waals surface area contributed by atoms with Crippen LogP contribution in [0.5, 0.6) is 0 Å². The molecule has 1 rings (SSSR count). The molecular formula is C17H35N3O. The van der Waals surface area contributed by atoms with E-state index in [0.717, 1.165) is 63.5 Å². The van der Waals surface area contributed by atoms with E-state index in [9.17, 15) is 0 Å². The van der Waals surface area contributed by atoms with Crippen LogP contribution in [-0.2, 0) is 4.74 Å². The summed E-state index contributed by atoms with van der Waals surface area (Å²) in [5.41, 5.74) is 0. The van der Waals surface area contributed by atoms with Crippen molar-refractivity contribution in [2.45, 2.75) is 59.3 Å². The summed E-state index contributed by atoms with van der Waals surface area (Å²) in [4.78, 5) is 4.76. The number of hydrogen-bond acceptors (Lipinski definition) is 2. The summed E-state index contributed by atoms with van der Waals surface area (Å²) in [5, 5.41) is 6.77. The topological polar surface area (TPSA) is 45.7 Å². The van der Waals surface area contributed by atoms with Gasteiger partial charge in [-0.2, -0.15) is 0 Å². The van der Waals surface area contributed by atoms with Crippen LogP contribution in [0.4, 0.5) is 0 Å². The van der Waals surface area contributed by atoms with Gasteiger partial charge in [0.05, 0.1) is 0 Å². The number of ether oxygens (including phenoxy) is 1. The lowest BCUT2D eigenvalue weighted by molar-refractivity contribution is 0.143. The molecule has 0 aromatic carbocycles. The number of rotatable bonds is 9. The van der Waals surface area contributed by atoms with Crippen molar-refractivity contribution in [3.63, 3.8) is 0 Å². The second kappa shape index (κ2) is 11.8. The van der Waals surface area contributed by atoms with E-state index in [4.69, 9.17) is 9.73 Å². The summed E-state index contributed by atoms with van der Waals surface area (Å²) in [5.74, 6) is 2.68. The minimum Gasteiger partial charge on any atom is -0.382 e. The van der Waals surface area contributed by atoms with Crippen molar-refractivity contribution in [1.29, 1.82) is 0 Å². The number of guanidine groups is 1. The lowest BCUT2D eigenvalue weighted by atomic mass is 9.83. The van der Waals surface area contributed by atoms with Gasteiger partial charge in [0, 0.05) is 32.8 Å². The first kappa shape index (κ1) is 18.3. The van der Waals surface area contributed by atoms with Crippen LogP contribution < -0.4 is 10.6 Å². The zero-order valence-electron chi connectivity index (χ0n) is 14.3. The zero-order chi connectivity index (χ0) is 15.3. The minimum atomic E-state index is 0.787. The third-order valence-corrected chi connectivity index (χ3v) is 4.20. The highest BCUT2D eigenvalue weighted by atomic mass is 16.5. The Bertz CT molecular complexity index is 273. The van der Waals surface area contributed by atoms with Gasteiger partial charge in [-0.1, -0.05) is 19.8 Å².